The molecule has 2 atom stereocenters. The molecule has 4 nitrogen and oxygen atoms in total. The summed E-state index contributed by atoms with van der Waals surface area (Å²) in [6, 6.07) is 7.83. The van der Waals surface area contributed by atoms with E-state index in [-0.39, 0.29) is 24.7 Å². The molecular weight excluding hydrogens is 334 g/mol. The van der Waals surface area contributed by atoms with Gasteiger partial charge in [-0.25, -0.2) is 0 Å². The Balaban J connectivity index is 1.60. The molecule has 2 fully saturated rings. The zero-order chi connectivity index (χ0) is 14.7. The van der Waals surface area contributed by atoms with Crippen LogP contribution < -0.4 is 4.74 Å². The number of carbonyl (C=O) groups excluding carboxylic acids is 1. The van der Waals surface area contributed by atoms with Gasteiger partial charge >= 0.3 is 0 Å². The van der Waals surface area contributed by atoms with Gasteiger partial charge < -0.3 is 14.4 Å². The van der Waals surface area contributed by atoms with Crippen LogP contribution in [-0.4, -0.2) is 42.7 Å². The highest BCUT2D eigenvalue weighted by Crippen LogP contribution is 2.29. The Morgan fingerprint density at radius 2 is 2.14 bits per heavy atom. The van der Waals surface area contributed by atoms with Crippen LogP contribution in [0.2, 0.25) is 0 Å². The van der Waals surface area contributed by atoms with E-state index in [0.29, 0.717) is 18.9 Å². The molecule has 2 aliphatic rings. The van der Waals surface area contributed by atoms with Gasteiger partial charge in [0.05, 0.1) is 23.2 Å². The average Bonchev–Trinajstić information content (AvgIpc) is 2.53. The molecule has 1 aliphatic carbocycles. The molecule has 0 radical (unpaired) electrons. The van der Waals surface area contributed by atoms with Crippen LogP contribution in [0.25, 0.3) is 0 Å². The van der Waals surface area contributed by atoms with Gasteiger partial charge in [0.15, 0.2) is 6.61 Å². The van der Waals surface area contributed by atoms with Gasteiger partial charge in [0.25, 0.3) is 5.91 Å². The van der Waals surface area contributed by atoms with E-state index < -0.39 is 0 Å². The third-order valence-corrected chi connectivity index (χ3v) is 4.90. The zero-order valence-electron chi connectivity index (χ0n) is 12.0. The Labute approximate surface area is 133 Å². The second-order valence-corrected chi connectivity index (χ2v) is 6.42. The first-order valence-electron chi connectivity index (χ1n) is 7.54. The maximum Gasteiger partial charge on any atom is 0.260 e. The van der Waals surface area contributed by atoms with E-state index in [0.717, 1.165) is 17.3 Å². The van der Waals surface area contributed by atoms with Gasteiger partial charge in [0.1, 0.15) is 5.75 Å². The number of rotatable bonds is 3. The van der Waals surface area contributed by atoms with E-state index in [9.17, 15) is 4.79 Å². The number of ether oxygens (including phenoxy) is 2. The molecule has 0 aromatic heterocycles. The number of benzene rings is 1. The third kappa shape index (κ3) is 3.40. The SMILES string of the molecule is O=C(COc1ccccc1Br)N1CCOC2CCCCC21. The minimum absolute atomic E-state index is 0.0611. The molecule has 1 heterocycles. The maximum atomic E-state index is 12.5. The highest BCUT2D eigenvalue weighted by atomic mass is 79.9. The molecule has 0 N–H and O–H groups in total. The zero-order valence-corrected chi connectivity index (χ0v) is 13.5. The predicted octanol–water partition coefficient (Wildman–Crippen LogP) is 3.00. The Kier molecular flexibility index (Phi) is 4.80. The van der Waals surface area contributed by atoms with E-state index in [2.05, 4.69) is 15.9 Å². The minimum Gasteiger partial charge on any atom is -0.483 e. The molecule has 21 heavy (non-hydrogen) atoms. The van der Waals surface area contributed by atoms with Crippen molar-refractivity contribution in [3.63, 3.8) is 0 Å². The van der Waals surface area contributed by atoms with Crippen molar-refractivity contribution in [3.8, 4) is 5.75 Å². The fraction of sp³-hybridized carbons (Fsp3) is 0.562. The first-order chi connectivity index (χ1) is 10.3. The van der Waals surface area contributed by atoms with Crippen LogP contribution in [0.4, 0.5) is 0 Å². The van der Waals surface area contributed by atoms with Crippen molar-refractivity contribution < 1.29 is 14.3 Å². The van der Waals surface area contributed by atoms with Crippen molar-refractivity contribution in [3.05, 3.63) is 28.7 Å². The van der Waals surface area contributed by atoms with E-state index in [1.807, 2.05) is 29.2 Å². The summed E-state index contributed by atoms with van der Waals surface area (Å²) in [7, 11) is 0. The Morgan fingerprint density at radius 3 is 3.00 bits per heavy atom. The van der Waals surface area contributed by atoms with Crippen LogP contribution in [0.15, 0.2) is 28.7 Å². The number of para-hydroxylation sites is 1. The Bertz CT molecular complexity index is 506. The van der Waals surface area contributed by atoms with Gasteiger partial charge in [-0.2, -0.15) is 0 Å². The van der Waals surface area contributed by atoms with Gasteiger partial charge in [0, 0.05) is 6.54 Å². The molecule has 0 bridgehead atoms. The molecule has 3 rings (SSSR count). The fourth-order valence-corrected chi connectivity index (χ4v) is 3.59. The van der Waals surface area contributed by atoms with Gasteiger partial charge in [-0.1, -0.05) is 25.0 Å². The number of amides is 1. The smallest absolute Gasteiger partial charge is 0.260 e. The normalized spacial score (nSPS) is 25.3. The van der Waals surface area contributed by atoms with Gasteiger partial charge in [-0.05, 0) is 40.9 Å². The molecule has 0 spiro atoms. The van der Waals surface area contributed by atoms with Crippen molar-refractivity contribution in [2.45, 2.75) is 37.8 Å². The monoisotopic (exact) mass is 353 g/mol. The lowest BCUT2D eigenvalue weighted by Crippen LogP contribution is -2.55. The number of carbonyl (C=O) groups is 1. The number of hydrogen-bond donors (Lipinski definition) is 0. The van der Waals surface area contributed by atoms with Crippen LogP contribution in [0.5, 0.6) is 5.75 Å². The number of hydrogen-bond acceptors (Lipinski definition) is 3. The van der Waals surface area contributed by atoms with Crippen LogP contribution in [0.1, 0.15) is 25.7 Å². The summed E-state index contributed by atoms with van der Waals surface area (Å²) in [5.74, 6) is 0.769. The van der Waals surface area contributed by atoms with Crippen LogP contribution >= 0.6 is 15.9 Å². The number of morpholine rings is 1. The molecule has 5 heteroatoms. The second-order valence-electron chi connectivity index (χ2n) is 5.57. The second kappa shape index (κ2) is 6.79. The fourth-order valence-electron chi connectivity index (χ4n) is 3.19. The molecule has 1 saturated carbocycles. The molecule has 1 aromatic rings. The van der Waals surface area contributed by atoms with Crippen molar-refractivity contribution in [1.29, 1.82) is 0 Å². The summed E-state index contributed by atoms with van der Waals surface area (Å²) in [4.78, 5) is 14.4. The molecule has 1 saturated heterocycles. The Hall–Kier alpha value is -1.07. The first kappa shape index (κ1) is 14.9. The quantitative estimate of drug-likeness (QED) is 0.838. The number of fused-ring (bicyclic) bond motifs is 1. The summed E-state index contributed by atoms with van der Waals surface area (Å²) in [5.41, 5.74) is 0. The molecular formula is C16H20BrNO3. The minimum atomic E-state index is 0.0611. The summed E-state index contributed by atoms with van der Waals surface area (Å²) >= 11 is 3.43. The Morgan fingerprint density at radius 1 is 1.33 bits per heavy atom. The van der Waals surface area contributed by atoms with Crippen molar-refractivity contribution in [2.75, 3.05) is 19.8 Å². The van der Waals surface area contributed by atoms with E-state index in [1.54, 1.807) is 0 Å². The van der Waals surface area contributed by atoms with Gasteiger partial charge in [-0.3, -0.25) is 4.79 Å². The van der Waals surface area contributed by atoms with E-state index >= 15 is 0 Å². The van der Waals surface area contributed by atoms with Crippen LogP contribution in [0, 0.1) is 0 Å². The third-order valence-electron chi connectivity index (χ3n) is 4.24. The lowest BCUT2D eigenvalue weighted by atomic mass is 9.90. The van der Waals surface area contributed by atoms with Crippen LogP contribution in [0.3, 0.4) is 0 Å². The number of halogens is 1. The van der Waals surface area contributed by atoms with Crippen molar-refractivity contribution >= 4 is 21.8 Å². The molecule has 1 amide bonds. The summed E-state index contributed by atoms with van der Waals surface area (Å²) in [5, 5.41) is 0. The molecule has 2 unspecified atom stereocenters. The predicted molar refractivity (Wildman–Crippen MR) is 83.3 cm³/mol. The lowest BCUT2D eigenvalue weighted by Gasteiger charge is -2.43. The van der Waals surface area contributed by atoms with Gasteiger partial charge in [0.2, 0.25) is 0 Å². The lowest BCUT2D eigenvalue weighted by molar-refractivity contribution is -0.151. The largest absolute Gasteiger partial charge is 0.483 e. The standard InChI is InChI=1S/C16H20BrNO3/c17-12-5-1-3-7-14(12)21-11-16(19)18-9-10-20-15-8-4-2-6-13(15)18/h1,3,5,7,13,15H,2,4,6,8-11H2. The summed E-state index contributed by atoms with van der Waals surface area (Å²) < 4.78 is 12.3. The van der Waals surface area contributed by atoms with E-state index in [4.69, 9.17) is 9.47 Å². The number of nitrogens with zero attached hydrogens (tertiary/aromatic N) is 1. The molecule has 1 aromatic carbocycles. The highest BCUT2D eigenvalue weighted by Gasteiger charge is 2.36. The molecule has 114 valence electrons. The highest BCUT2D eigenvalue weighted by molar-refractivity contribution is 9.10. The first-order valence-corrected chi connectivity index (χ1v) is 8.33. The van der Waals surface area contributed by atoms with E-state index in [1.165, 1.54) is 12.8 Å². The van der Waals surface area contributed by atoms with Crippen molar-refractivity contribution in [2.24, 2.45) is 0 Å². The molecule has 1 aliphatic heterocycles. The maximum absolute atomic E-state index is 12.5. The average molecular weight is 354 g/mol. The van der Waals surface area contributed by atoms with Gasteiger partial charge in [-0.15, -0.1) is 0 Å². The van der Waals surface area contributed by atoms with Crippen molar-refractivity contribution in [1.82, 2.24) is 4.90 Å². The van der Waals surface area contributed by atoms with Crippen LogP contribution in [-0.2, 0) is 9.53 Å². The summed E-state index contributed by atoms with van der Waals surface area (Å²) in [6.07, 6.45) is 4.72. The summed E-state index contributed by atoms with van der Waals surface area (Å²) in [6.45, 7) is 1.41. The topological polar surface area (TPSA) is 38.8 Å².